The topological polar surface area (TPSA) is 91.4 Å². The van der Waals surface area contributed by atoms with Crippen LogP contribution in [0, 0.1) is 6.92 Å². The summed E-state index contributed by atoms with van der Waals surface area (Å²) in [4.78, 5) is 28.6. The van der Waals surface area contributed by atoms with Crippen molar-refractivity contribution in [1.29, 1.82) is 0 Å². The Morgan fingerprint density at radius 3 is 2.83 bits per heavy atom. The summed E-state index contributed by atoms with van der Waals surface area (Å²) < 4.78 is 8.35. The number of esters is 1. The van der Waals surface area contributed by atoms with E-state index in [1.54, 1.807) is 23.1 Å². The van der Waals surface area contributed by atoms with Crippen molar-refractivity contribution < 1.29 is 9.53 Å². The summed E-state index contributed by atoms with van der Waals surface area (Å²) in [7, 11) is 0. The minimum absolute atomic E-state index is 0.0933. The molecule has 0 aliphatic carbocycles. The molecule has 8 heteroatoms. The molecule has 3 heterocycles. The molecule has 0 saturated heterocycles. The number of carbonyl (C=O) groups excluding carboxylic acids is 1. The van der Waals surface area contributed by atoms with Crippen LogP contribution in [0.4, 0.5) is 0 Å². The standard InChI is InChI=1S/C22H19N5O3/c1-16-6-5-11-27-20(28)12-19(23-22(16)27)15-30-21(29)10-9-18-14-26(25-24-18)13-17-7-3-2-4-8-17/h2-12,14H,13,15H2,1H3/b10-9+. The zero-order valence-corrected chi connectivity index (χ0v) is 16.3. The van der Waals surface area contributed by atoms with Gasteiger partial charge in [-0.05, 0) is 30.2 Å². The van der Waals surface area contributed by atoms with Crippen molar-refractivity contribution >= 4 is 17.7 Å². The molecule has 8 nitrogen and oxygen atoms in total. The number of hydrogen-bond donors (Lipinski definition) is 0. The summed E-state index contributed by atoms with van der Waals surface area (Å²) in [6, 6.07) is 14.9. The Bertz CT molecular complexity index is 1270. The summed E-state index contributed by atoms with van der Waals surface area (Å²) in [5, 5.41) is 8.07. The van der Waals surface area contributed by atoms with Crippen molar-refractivity contribution in [3.8, 4) is 0 Å². The number of ether oxygens (including phenoxy) is 1. The molecule has 0 aliphatic heterocycles. The fourth-order valence-corrected chi connectivity index (χ4v) is 2.97. The summed E-state index contributed by atoms with van der Waals surface area (Å²) in [5.74, 6) is -0.556. The van der Waals surface area contributed by atoms with Gasteiger partial charge in [-0.25, -0.2) is 14.5 Å². The van der Waals surface area contributed by atoms with Gasteiger partial charge in [0.2, 0.25) is 0 Å². The van der Waals surface area contributed by atoms with Crippen LogP contribution in [0.25, 0.3) is 11.7 Å². The lowest BCUT2D eigenvalue weighted by Crippen LogP contribution is -2.17. The summed E-state index contributed by atoms with van der Waals surface area (Å²) >= 11 is 0. The molecule has 0 bridgehead atoms. The number of pyridine rings is 1. The lowest BCUT2D eigenvalue weighted by molar-refractivity contribution is -0.139. The molecule has 0 spiro atoms. The van der Waals surface area contributed by atoms with Crippen LogP contribution in [-0.4, -0.2) is 30.3 Å². The molecule has 0 amide bonds. The van der Waals surface area contributed by atoms with E-state index in [0.717, 1.165) is 11.1 Å². The van der Waals surface area contributed by atoms with Gasteiger partial charge in [0.15, 0.2) is 0 Å². The van der Waals surface area contributed by atoms with Crippen molar-refractivity contribution in [2.45, 2.75) is 20.1 Å². The van der Waals surface area contributed by atoms with E-state index in [0.29, 0.717) is 23.6 Å². The average Bonchev–Trinajstić information content (AvgIpc) is 3.19. The molecular weight excluding hydrogens is 382 g/mol. The molecule has 30 heavy (non-hydrogen) atoms. The van der Waals surface area contributed by atoms with Crippen LogP contribution in [0.1, 0.15) is 22.5 Å². The maximum Gasteiger partial charge on any atom is 0.331 e. The third-order valence-corrected chi connectivity index (χ3v) is 4.44. The predicted molar refractivity (Wildman–Crippen MR) is 111 cm³/mol. The fraction of sp³-hybridized carbons (Fsp3) is 0.136. The van der Waals surface area contributed by atoms with Crippen molar-refractivity contribution in [2.75, 3.05) is 0 Å². The quantitative estimate of drug-likeness (QED) is 0.364. The Hall–Kier alpha value is -4.07. The Morgan fingerprint density at radius 2 is 2.00 bits per heavy atom. The highest BCUT2D eigenvalue weighted by Gasteiger charge is 2.07. The van der Waals surface area contributed by atoms with Crippen molar-refractivity contribution in [1.82, 2.24) is 24.4 Å². The Morgan fingerprint density at radius 1 is 1.17 bits per heavy atom. The lowest BCUT2D eigenvalue weighted by atomic mass is 10.2. The highest BCUT2D eigenvalue weighted by Crippen LogP contribution is 2.07. The Kier molecular flexibility index (Phi) is 5.47. The number of carbonyl (C=O) groups is 1. The summed E-state index contributed by atoms with van der Waals surface area (Å²) in [6.45, 7) is 2.37. The van der Waals surface area contributed by atoms with Crippen LogP contribution in [-0.2, 0) is 22.7 Å². The second kappa shape index (κ2) is 8.52. The van der Waals surface area contributed by atoms with Crippen LogP contribution in [0.3, 0.4) is 0 Å². The van der Waals surface area contributed by atoms with E-state index >= 15 is 0 Å². The molecule has 0 saturated carbocycles. The second-order valence-corrected chi connectivity index (χ2v) is 6.74. The van der Waals surface area contributed by atoms with E-state index in [4.69, 9.17) is 4.74 Å². The number of hydrogen-bond acceptors (Lipinski definition) is 6. The maximum absolute atomic E-state index is 12.2. The van der Waals surface area contributed by atoms with Gasteiger partial charge in [0.05, 0.1) is 18.4 Å². The van der Waals surface area contributed by atoms with Gasteiger partial charge in [-0.3, -0.25) is 9.20 Å². The van der Waals surface area contributed by atoms with Crippen LogP contribution in [0.15, 0.2) is 71.8 Å². The van der Waals surface area contributed by atoms with Gasteiger partial charge >= 0.3 is 5.97 Å². The number of benzene rings is 1. The first kappa shape index (κ1) is 19.3. The third-order valence-electron chi connectivity index (χ3n) is 4.44. The van der Waals surface area contributed by atoms with E-state index in [1.807, 2.05) is 43.3 Å². The average molecular weight is 401 g/mol. The first-order valence-corrected chi connectivity index (χ1v) is 9.35. The normalized spacial score (nSPS) is 11.2. The third kappa shape index (κ3) is 4.49. The number of fused-ring (bicyclic) bond motifs is 1. The van der Waals surface area contributed by atoms with E-state index < -0.39 is 5.97 Å². The van der Waals surface area contributed by atoms with Gasteiger partial charge in [0.25, 0.3) is 5.56 Å². The molecule has 150 valence electrons. The van der Waals surface area contributed by atoms with Crippen molar-refractivity contribution in [3.05, 3.63) is 99.9 Å². The molecule has 3 aromatic heterocycles. The smallest absolute Gasteiger partial charge is 0.331 e. The minimum atomic E-state index is -0.556. The molecule has 4 aromatic rings. The zero-order chi connectivity index (χ0) is 20.9. The molecule has 0 N–H and O–H groups in total. The first-order valence-electron chi connectivity index (χ1n) is 9.35. The molecule has 0 radical (unpaired) electrons. The van der Waals surface area contributed by atoms with E-state index in [1.165, 1.54) is 22.6 Å². The molecular formula is C22H19N5O3. The molecule has 0 unspecified atom stereocenters. The van der Waals surface area contributed by atoms with E-state index in [2.05, 4.69) is 15.3 Å². The number of nitrogens with zero attached hydrogens (tertiary/aromatic N) is 5. The largest absolute Gasteiger partial charge is 0.456 e. The first-order chi connectivity index (χ1) is 14.6. The van der Waals surface area contributed by atoms with Crippen LogP contribution < -0.4 is 5.56 Å². The van der Waals surface area contributed by atoms with Crippen LogP contribution >= 0.6 is 0 Å². The summed E-state index contributed by atoms with van der Waals surface area (Å²) in [5.41, 5.74) is 3.22. The SMILES string of the molecule is Cc1cccn2c(=O)cc(COC(=O)/C=C/c3cn(Cc4ccccc4)nn3)nc12. The number of aromatic nitrogens is 5. The van der Waals surface area contributed by atoms with E-state index in [-0.39, 0.29) is 12.2 Å². The lowest BCUT2D eigenvalue weighted by Gasteiger charge is -2.06. The van der Waals surface area contributed by atoms with Crippen molar-refractivity contribution in [2.24, 2.45) is 0 Å². The molecule has 1 aromatic carbocycles. The summed E-state index contributed by atoms with van der Waals surface area (Å²) in [6.07, 6.45) is 6.20. The highest BCUT2D eigenvalue weighted by molar-refractivity contribution is 5.86. The molecule has 4 rings (SSSR count). The van der Waals surface area contributed by atoms with Gasteiger partial charge in [0.1, 0.15) is 17.9 Å². The number of rotatable bonds is 6. The highest BCUT2D eigenvalue weighted by atomic mass is 16.5. The zero-order valence-electron chi connectivity index (χ0n) is 16.3. The van der Waals surface area contributed by atoms with Crippen LogP contribution in [0.2, 0.25) is 0 Å². The monoisotopic (exact) mass is 401 g/mol. The minimum Gasteiger partial charge on any atom is -0.456 e. The second-order valence-electron chi connectivity index (χ2n) is 6.74. The van der Waals surface area contributed by atoms with Gasteiger partial charge in [-0.15, -0.1) is 5.10 Å². The van der Waals surface area contributed by atoms with Gasteiger partial charge in [-0.2, -0.15) is 0 Å². The predicted octanol–water partition coefficient (Wildman–Crippen LogP) is 2.40. The molecule has 0 fully saturated rings. The van der Waals surface area contributed by atoms with Gasteiger partial charge in [-0.1, -0.05) is 41.6 Å². The van der Waals surface area contributed by atoms with E-state index in [9.17, 15) is 9.59 Å². The van der Waals surface area contributed by atoms with Crippen LogP contribution in [0.5, 0.6) is 0 Å². The Labute approximate surface area is 172 Å². The maximum atomic E-state index is 12.2. The Balaban J connectivity index is 1.37. The van der Waals surface area contributed by atoms with Crippen molar-refractivity contribution in [3.63, 3.8) is 0 Å². The van der Waals surface area contributed by atoms with Gasteiger partial charge in [0, 0.05) is 18.3 Å². The molecule has 0 aliphatic rings. The fourth-order valence-electron chi connectivity index (χ4n) is 2.97. The number of aryl methyl sites for hydroxylation is 1. The molecule has 0 atom stereocenters. The van der Waals surface area contributed by atoms with Gasteiger partial charge < -0.3 is 4.74 Å².